The van der Waals surface area contributed by atoms with Crippen LogP contribution in [-0.2, 0) is 11.3 Å². The smallest absolute Gasteiger partial charge is 0.150 e. The van der Waals surface area contributed by atoms with Crippen molar-refractivity contribution in [3.8, 4) is 0 Å². The maximum absolute atomic E-state index is 5.68. The zero-order chi connectivity index (χ0) is 13.0. The van der Waals surface area contributed by atoms with Crippen LogP contribution in [0.15, 0.2) is 35.1 Å². The average Bonchev–Trinajstić information content (AvgIpc) is 2.38. The molecule has 2 rings (SSSR count). The van der Waals surface area contributed by atoms with E-state index in [1.54, 1.807) is 7.11 Å². The lowest BCUT2D eigenvalue weighted by molar-refractivity contribution is 0.185. The molecule has 0 unspecified atom stereocenters. The summed E-state index contributed by atoms with van der Waals surface area (Å²) in [6, 6.07) is 7.90. The molecule has 1 aromatic carbocycles. The van der Waals surface area contributed by atoms with Crippen LogP contribution in [0, 0.1) is 0 Å². The van der Waals surface area contributed by atoms with Crippen LogP contribution >= 0.6 is 15.9 Å². The summed E-state index contributed by atoms with van der Waals surface area (Å²) in [5, 5.41) is 3.16. The number of hydrogen-bond donors (Lipinski definition) is 2. The number of nitrogens with two attached hydrogens (primary N) is 1. The highest BCUT2D eigenvalue weighted by Crippen LogP contribution is 2.26. The van der Waals surface area contributed by atoms with Crippen LogP contribution in [-0.4, -0.2) is 17.1 Å². The van der Waals surface area contributed by atoms with E-state index in [1.807, 2.05) is 24.3 Å². The molecule has 94 valence electrons. The van der Waals surface area contributed by atoms with Gasteiger partial charge in [0.05, 0.1) is 6.61 Å². The second-order valence-electron chi connectivity index (χ2n) is 3.68. The molecule has 0 fully saturated rings. The van der Waals surface area contributed by atoms with Gasteiger partial charge in [-0.1, -0.05) is 12.1 Å². The topological polar surface area (TPSA) is 73.1 Å². The minimum absolute atomic E-state index is 0.406. The highest BCUT2D eigenvalue weighted by atomic mass is 79.9. The first kappa shape index (κ1) is 12.8. The number of aromatic nitrogens is 2. The first-order valence-corrected chi connectivity index (χ1v) is 6.11. The Morgan fingerprint density at radius 1 is 1.28 bits per heavy atom. The summed E-state index contributed by atoms with van der Waals surface area (Å²) in [6.45, 7) is 0.602. The fraction of sp³-hybridized carbons (Fsp3) is 0.167. The molecule has 3 N–H and O–H groups in total. The SMILES string of the molecule is COCc1ccc(Nc2ncnc(N)c2Br)cc1. The van der Waals surface area contributed by atoms with E-state index in [9.17, 15) is 0 Å². The molecule has 5 nitrogen and oxygen atoms in total. The lowest BCUT2D eigenvalue weighted by Crippen LogP contribution is -2.00. The van der Waals surface area contributed by atoms with Gasteiger partial charge in [0.25, 0.3) is 0 Å². The standard InChI is InChI=1S/C12H13BrN4O/c1-18-6-8-2-4-9(5-3-8)17-12-10(13)11(14)15-7-16-12/h2-5,7H,6H2,1H3,(H3,14,15,16,17). The summed E-state index contributed by atoms with van der Waals surface area (Å²) in [7, 11) is 1.67. The van der Waals surface area contributed by atoms with Crippen molar-refractivity contribution >= 4 is 33.3 Å². The Morgan fingerprint density at radius 2 is 2.00 bits per heavy atom. The highest BCUT2D eigenvalue weighted by Gasteiger charge is 2.05. The summed E-state index contributed by atoms with van der Waals surface area (Å²) in [4.78, 5) is 8.00. The third-order valence-electron chi connectivity index (χ3n) is 2.34. The summed E-state index contributed by atoms with van der Waals surface area (Å²) in [6.07, 6.45) is 1.42. The van der Waals surface area contributed by atoms with Crippen LogP contribution < -0.4 is 11.1 Å². The summed E-state index contributed by atoms with van der Waals surface area (Å²) in [5.41, 5.74) is 7.72. The van der Waals surface area contributed by atoms with Gasteiger partial charge in [0, 0.05) is 12.8 Å². The van der Waals surface area contributed by atoms with Gasteiger partial charge in [-0.05, 0) is 33.6 Å². The van der Waals surface area contributed by atoms with Crippen molar-refractivity contribution in [2.75, 3.05) is 18.2 Å². The number of benzene rings is 1. The van der Waals surface area contributed by atoms with Crippen molar-refractivity contribution < 1.29 is 4.74 Å². The van der Waals surface area contributed by atoms with Crippen LogP contribution in [0.4, 0.5) is 17.3 Å². The van der Waals surface area contributed by atoms with Gasteiger partial charge in [-0.25, -0.2) is 9.97 Å². The Bertz CT molecular complexity index is 530. The molecule has 0 saturated heterocycles. The molecular formula is C12H13BrN4O. The number of halogens is 1. The van der Waals surface area contributed by atoms with Gasteiger partial charge < -0.3 is 15.8 Å². The third kappa shape index (κ3) is 2.96. The van der Waals surface area contributed by atoms with E-state index in [2.05, 4.69) is 31.2 Å². The van der Waals surface area contributed by atoms with Crippen molar-refractivity contribution in [3.05, 3.63) is 40.6 Å². The predicted octanol–water partition coefficient (Wildman–Crippen LogP) is 2.71. The van der Waals surface area contributed by atoms with Crippen LogP contribution in [0.25, 0.3) is 0 Å². The largest absolute Gasteiger partial charge is 0.383 e. The van der Waals surface area contributed by atoms with E-state index in [4.69, 9.17) is 10.5 Å². The van der Waals surface area contributed by atoms with E-state index in [0.29, 0.717) is 22.7 Å². The highest BCUT2D eigenvalue weighted by molar-refractivity contribution is 9.10. The monoisotopic (exact) mass is 308 g/mol. The lowest BCUT2D eigenvalue weighted by Gasteiger charge is -2.09. The van der Waals surface area contributed by atoms with Gasteiger partial charge in [0.15, 0.2) is 0 Å². The summed E-state index contributed by atoms with van der Waals surface area (Å²) >= 11 is 3.34. The molecule has 6 heteroatoms. The number of hydrogen-bond acceptors (Lipinski definition) is 5. The fourth-order valence-electron chi connectivity index (χ4n) is 1.46. The second-order valence-corrected chi connectivity index (χ2v) is 4.47. The van der Waals surface area contributed by atoms with Gasteiger partial charge >= 0.3 is 0 Å². The van der Waals surface area contributed by atoms with Gasteiger partial charge in [-0.2, -0.15) is 0 Å². The zero-order valence-corrected chi connectivity index (χ0v) is 11.4. The maximum Gasteiger partial charge on any atom is 0.150 e. The van der Waals surface area contributed by atoms with E-state index in [1.165, 1.54) is 6.33 Å². The number of ether oxygens (including phenoxy) is 1. The van der Waals surface area contributed by atoms with Crippen LogP contribution in [0.5, 0.6) is 0 Å². The summed E-state index contributed by atoms with van der Waals surface area (Å²) in [5.74, 6) is 1.05. The van der Waals surface area contributed by atoms with Crippen molar-refractivity contribution in [3.63, 3.8) is 0 Å². The third-order valence-corrected chi connectivity index (χ3v) is 3.13. The van der Waals surface area contributed by atoms with Crippen molar-refractivity contribution in [1.29, 1.82) is 0 Å². The van der Waals surface area contributed by atoms with Crippen molar-refractivity contribution in [1.82, 2.24) is 9.97 Å². The van der Waals surface area contributed by atoms with Crippen molar-refractivity contribution in [2.24, 2.45) is 0 Å². The molecule has 0 aliphatic heterocycles. The molecule has 2 aromatic rings. The van der Waals surface area contributed by atoms with Gasteiger partial charge in [-0.15, -0.1) is 0 Å². The van der Waals surface area contributed by atoms with Crippen LogP contribution in [0.2, 0.25) is 0 Å². The number of anilines is 3. The first-order valence-electron chi connectivity index (χ1n) is 5.31. The van der Waals surface area contributed by atoms with E-state index < -0.39 is 0 Å². The Balaban J connectivity index is 2.16. The van der Waals surface area contributed by atoms with E-state index in [0.717, 1.165) is 11.3 Å². The Kier molecular flexibility index (Phi) is 4.11. The molecule has 0 amide bonds. The molecule has 1 aromatic heterocycles. The lowest BCUT2D eigenvalue weighted by atomic mass is 10.2. The minimum Gasteiger partial charge on any atom is -0.383 e. The number of rotatable bonds is 4. The number of nitrogen functional groups attached to an aromatic ring is 1. The molecule has 0 aliphatic rings. The summed E-state index contributed by atoms with van der Waals surface area (Å²) < 4.78 is 5.71. The van der Waals surface area contributed by atoms with Crippen LogP contribution in [0.3, 0.4) is 0 Å². The van der Waals surface area contributed by atoms with Gasteiger partial charge in [-0.3, -0.25) is 0 Å². The van der Waals surface area contributed by atoms with Gasteiger partial charge in [0.2, 0.25) is 0 Å². The molecule has 0 bridgehead atoms. The predicted molar refractivity (Wildman–Crippen MR) is 74.6 cm³/mol. The Morgan fingerprint density at radius 3 is 2.67 bits per heavy atom. The molecule has 0 aliphatic carbocycles. The molecule has 0 atom stereocenters. The zero-order valence-electron chi connectivity index (χ0n) is 9.85. The average molecular weight is 309 g/mol. The molecular weight excluding hydrogens is 296 g/mol. The van der Waals surface area contributed by atoms with Crippen molar-refractivity contribution in [2.45, 2.75) is 6.61 Å². The molecule has 1 heterocycles. The van der Waals surface area contributed by atoms with E-state index >= 15 is 0 Å². The quantitative estimate of drug-likeness (QED) is 0.908. The Labute approximate surface area is 114 Å². The second kappa shape index (κ2) is 5.79. The fourth-order valence-corrected chi connectivity index (χ4v) is 1.76. The molecule has 18 heavy (non-hydrogen) atoms. The van der Waals surface area contributed by atoms with E-state index in [-0.39, 0.29) is 0 Å². The normalized spacial score (nSPS) is 10.3. The molecule has 0 spiro atoms. The van der Waals surface area contributed by atoms with Gasteiger partial charge in [0.1, 0.15) is 22.4 Å². The number of methoxy groups -OCH3 is 1. The maximum atomic E-state index is 5.68. The Hall–Kier alpha value is -1.66. The number of nitrogens with one attached hydrogen (secondary N) is 1. The number of nitrogens with zero attached hydrogens (tertiary/aromatic N) is 2. The minimum atomic E-state index is 0.406. The molecule has 0 saturated carbocycles. The first-order chi connectivity index (χ1) is 8.70. The molecule has 0 radical (unpaired) electrons. The van der Waals surface area contributed by atoms with Crippen LogP contribution in [0.1, 0.15) is 5.56 Å².